The van der Waals surface area contributed by atoms with Crippen LogP contribution in [0.15, 0.2) is 12.1 Å². The highest BCUT2D eigenvalue weighted by Gasteiger charge is 2.19. The molecule has 1 amide bonds. The van der Waals surface area contributed by atoms with Gasteiger partial charge in [-0.05, 0) is 12.8 Å². The van der Waals surface area contributed by atoms with E-state index in [1.165, 1.54) is 0 Å². The first-order valence-electron chi connectivity index (χ1n) is 6.49. The van der Waals surface area contributed by atoms with Gasteiger partial charge in [0.15, 0.2) is 0 Å². The minimum atomic E-state index is -1.02. The molecule has 0 aromatic heterocycles. The van der Waals surface area contributed by atoms with Gasteiger partial charge in [0.05, 0.1) is 6.42 Å². The molecular weight excluding hydrogens is 255 g/mol. The van der Waals surface area contributed by atoms with Gasteiger partial charge in [-0.2, -0.15) is 0 Å². The van der Waals surface area contributed by atoms with Crippen LogP contribution < -0.4 is 5.32 Å². The Morgan fingerprint density at radius 1 is 1.11 bits per heavy atom. The molecule has 0 bridgehead atoms. The maximum Gasteiger partial charge on any atom is 0.224 e. The number of rotatable bonds is 3. The van der Waals surface area contributed by atoms with Gasteiger partial charge in [0.1, 0.15) is 17.5 Å². The smallest absolute Gasteiger partial charge is 0.224 e. The number of benzene rings is 1. The summed E-state index contributed by atoms with van der Waals surface area (Å²) in [5.41, 5.74) is -0.380. The Balaban J connectivity index is 1.98. The van der Waals surface area contributed by atoms with Crippen LogP contribution in [0.2, 0.25) is 0 Å². The van der Waals surface area contributed by atoms with Gasteiger partial charge < -0.3 is 5.32 Å². The Morgan fingerprint density at radius 3 is 2.26 bits per heavy atom. The zero-order valence-corrected chi connectivity index (χ0v) is 10.5. The maximum atomic E-state index is 13.4. The fourth-order valence-corrected chi connectivity index (χ4v) is 2.43. The molecule has 1 aliphatic rings. The zero-order valence-electron chi connectivity index (χ0n) is 10.5. The molecule has 1 N–H and O–H groups in total. The number of halogens is 3. The third-order valence-corrected chi connectivity index (χ3v) is 3.41. The third kappa shape index (κ3) is 3.72. The third-order valence-electron chi connectivity index (χ3n) is 3.41. The Bertz CT molecular complexity index is 447. The fourth-order valence-electron chi connectivity index (χ4n) is 2.43. The summed E-state index contributed by atoms with van der Waals surface area (Å²) in [6.45, 7) is 0. The van der Waals surface area contributed by atoms with Crippen LogP contribution in [-0.4, -0.2) is 11.9 Å². The van der Waals surface area contributed by atoms with Crippen LogP contribution in [0.4, 0.5) is 13.2 Å². The van der Waals surface area contributed by atoms with Gasteiger partial charge in [0.2, 0.25) is 5.91 Å². The van der Waals surface area contributed by atoms with Crippen LogP contribution in [-0.2, 0) is 11.2 Å². The average molecular weight is 271 g/mol. The molecule has 0 unspecified atom stereocenters. The zero-order chi connectivity index (χ0) is 13.8. The van der Waals surface area contributed by atoms with E-state index in [9.17, 15) is 18.0 Å². The van der Waals surface area contributed by atoms with E-state index >= 15 is 0 Å². The molecule has 1 saturated carbocycles. The van der Waals surface area contributed by atoms with Gasteiger partial charge >= 0.3 is 0 Å². The molecule has 0 radical (unpaired) electrons. The molecule has 1 aromatic carbocycles. The maximum absolute atomic E-state index is 13.4. The first-order valence-corrected chi connectivity index (χ1v) is 6.49. The predicted octanol–water partition coefficient (Wildman–Crippen LogP) is 3.10. The summed E-state index contributed by atoms with van der Waals surface area (Å²) in [6.07, 6.45) is 4.69. The summed E-state index contributed by atoms with van der Waals surface area (Å²) in [7, 11) is 0. The van der Waals surface area contributed by atoms with Gasteiger partial charge in [-0.15, -0.1) is 0 Å². The summed E-state index contributed by atoms with van der Waals surface area (Å²) in [6, 6.07) is 1.27. The highest BCUT2D eigenvalue weighted by atomic mass is 19.1. The molecule has 1 aromatic rings. The van der Waals surface area contributed by atoms with Gasteiger partial charge in [-0.1, -0.05) is 19.3 Å². The topological polar surface area (TPSA) is 29.1 Å². The summed E-state index contributed by atoms with van der Waals surface area (Å²) in [5, 5.41) is 2.77. The second kappa shape index (κ2) is 6.08. The highest BCUT2D eigenvalue weighted by Crippen LogP contribution is 2.18. The van der Waals surface area contributed by atoms with Crippen molar-refractivity contribution in [1.82, 2.24) is 5.32 Å². The molecule has 1 fully saturated rings. The second-order valence-electron chi connectivity index (χ2n) is 4.93. The molecule has 2 rings (SSSR count). The molecule has 1 aliphatic carbocycles. The molecule has 2 nitrogen and oxygen atoms in total. The van der Waals surface area contributed by atoms with Crippen LogP contribution in [0, 0.1) is 17.5 Å². The fraction of sp³-hybridized carbons (Fsp3) is 0.500. The molecule has 0 saturated heterocycles. The van der Waals surface area contributed by atoms with Crippen molar-refractivity contribution in [2.75, 3.05) is 0 Å². The molecule has 0 aliphatic heterocycles. The number of carbonyl (C=O) groups is 1. The lowest BCUT2D eigenvalue weighted by atomic mass is 9.95. The molecule has 0 heterocycles. The van der Waals surface area contributed by atoms with Crippen molar-refractivity contribution < 1.29 is 18.0 Å². The number of carbonyl (C=O) groups excluding carboxylic acids is 1. The molecule has 104 valence electrons. The van der Waals surface area contributed by atoms with Crippen molar-refractivity contribution in [2.24, 2.45) is 0 Å². The van der Waals surface area contributed by atoms with Crippen molar-refractivity contribution in [3.63, 3.8) is 0 Å². The van der Waals surface area contributed by atoms with E-state index < -0.39 is 29.8 Å². The normalized spacial score (nSPS) is 16.4. The standard InChI is InChI=1S/C14H16F3NO/c15-9-6-12(16)11(13(17)7-9)8-14(19)18-10-4-2-1-3-5-10/h6-7,10H,1-5,8H2,(H,18,19). The van der Waals surface area contributed by atoms with Gasteiger partial charge in [-0.3, -0.25) is 4.79 Å². The quantitative estimate of drug-likeness (QED) is 0.899. The lowest BCUT2D eigenvalue weighted by Crippen LogP contribution is -2.37. The Hall–Kier alpha value is -1.52. The van der Waals surface area contributed by atoms with Gasteiger partial charge in [0, 0.05) is 23.7 Å². The van der Waals surface area contributed by atoms with Gasteiger partial charge in [0.25, 0.3) is 0 Å². The van der Waals surface area contributed by atoms with E-state index in [-0.39, 0.29) is 11.6 Å². The van der Waals surface area contributed by atoms with Crippen LogP contribution in [0.25, 0.3) is 0 Å². The first kappa shape index (κ1) is 13.9. The van der Waals surface area contributed by atoms with E-state index in [4.69, 9.17) is 0 Å². The van der Waals surface area contributed by atoms with E-state index in [1.54, 1.807) is 0 Å². The van der Waals surface area contributed by atoms with E-state index in [0.29, 0.717) is 12.1 Å². The SMILES string of the molecule is O=C(Cc1c(F)cc(F)cc1F)NC1CCCCC1. The number of hydrogen-bond acceptors (Lipinski definition) is 1. The number of nitrogens with one attached hydrogen (secondary N) is 1. The lowest BCUT2D eigenvalue weighted by Gasteiger charge is -2.22. The van der Waals surface area contributed by atoms with Crippen molar-refractivity contribution in [3.8, 4) is 0 Å². The van der Waals surface area contributed by atoms with Crippen molar-refractivity contribution >= 4 is 5.91 Å². The van der Waals surface area contributed by atoms with E-state index in [2.05, 4.69) is 5.32 Å². The minimum Gasteiger partial charge on any atom is -0.353 e. The summed E-state index contributed by atoms with van der Waals surface area (Å²) in [4.78, 5) is 11.7. The van der Waals surface area contributed by atoms with Crippen LogP contribution in [0.3, 0.4) is 0 Å². The molecule has 5 heteroatoms. The summed E-state index contributed by atoms with van der Waals surface area (Å²) >= 11 is 0. The molecule has 0 spiro atoms. The monoisotopic (exact) mass is 271 g/mol. The Morgan fingerprint density at radius 2 is 1.68 bits per heavy atom. The van der Waals surface area contributed by atoms with Crippen molar-refractivity contribution in [1.29, 1.82) is 0 Å². The Kier molecular flexibility index (Phi) is 4.45. The highest BCUT2D eigenvalue weighted by molar-refractivity contribution is 5.79. The van der Waals surface area contributed by atoms with Crippen LogP contribution in [0.1, 0.15) is 37.7 Å². The minimum absolute atomic E-state index is 0.0906. The van der Waals surface area contributed by atoms with Crippen LogP contribution >= 0.6 is 0 Å². The summed E-state index contributed by atoms with van der Waals surface area (Å²) in [5.74, 6) is -3.43. The van der Waals surface area contributed by atoms with E-state index in [1.807, 2.05) is 0 Å². The summed E-state index contributed by atoms with van der Waals surface area (Å²) < 4.78 is 39.5. The molecule has 0 atom stereocenters. The van der Waals surface area contributed by atoms with Crippen LogP contribution in [0.5, 0.6) is 0 Å². The second-order valence-corrected chi connectivity index (χ2v) is 4.93. The molecule has 19 heavy (non-hydrogen) atoms. The number of amides is 1. The van der Waals surface area contributed by atoms with Crippen molar-refractivity contribution in [3.05, 3.63) is 35.1 Å². The number of hydrogen-bond donors (Lipinski definition) is 1. The van der Waals surface area contributed by atoms with E-state index in [0.717, 1.165) is 32.1 Å². The first-order chi connectivity index (χ1) is 9.06. The molecular formula is C14H16F3NO. The lowest BCUT2D eigenvalue weighted by molar-refractivity contribution is -0.121. The van der Waals surface area contributed by atoms with Crippen molar-refractivity contribution in [2.45, 2.75) is 44.6 Å². The predicted molar refractivity (Wildman–Crippen MR) is 65.0 cm³/mol. The van der Waals surface area contributed by atoms with Gasteiger partial charge in [-0.25, -0.2) is 13.2 Å². The largest absolute Gasteiger partial charge is 0.353 e. The Labute approximate surface area is 110 Å². The average Bonchev–Trinajstić information content (AvgIpc) is 2.35.